The van der Waals surface area contributed by atoms with Crippen molar-refractivity contribution in [3.63, 3.8) is 0 Å². The number of rotatable bonds is 4. The van der Waals surface area contributed by atoms with Gasteiger partial charge in [0.25, 0.3) is 0 Å². The van der Waals surface area contributed by atoms with Crippen molar-refractivity contribution in [1.29, 1.82) is 0 Å². The van der Waals surface area contributed by atoms with Crippen LogP contribution in [0.3, 0.4) is 0 Å². The Hall–Kier alpha value is -0.820. The van der Waals surface area contributed by atoms with Crippen LogP contribution in [-0.4, -0.2) is 6.04 Å². The smallest absolute Gasteiger partial charge is 0.0139 e. The molecular formula is C19H29N. The molecule has 0 aliphatic heterocycles. The van der Waals surface area contributed by atoms with E-state index >= 15 is 0 Å². The summed E-state index contributed by atoms with van der Waals surface area (Å²) in [6.07, 6.45) is 13.6. The second-order valence-corrected chi connectivity index (χ2v) is 7.08. The highest BCUT2D eigenvalue weighted by molar-refractivity contribution is 5.28. The van der Waals surface area contributed by atoms with E-state index < -0.39 is 0 Å². The van der Waals surface area contributed by atoms with Crippen molar-refractivity contribution in [2.75, 3.05) is 0 Å². The molecule has 1 aromatic carbocycles. The molecule has 110 valence electrons. The van der Waals surface area contributed by atoms with E-state index in [1.165, 1.54) is 69.8 Å². The van der Waals surface area contributed by atoms with Crippen molar-refractivity contribution in [3.05, 3.63) is 35.9 Å². The molecule has 2 N–H and O–H groups in total. The average molecular weight is 271 g/mol. The van der Waals surface area contributed by atoms with Crippen LogP contribution in [0.25, 0.3) is 0 Å². The van der Waals surface area contributed by atoms with Crippen LogP contribution in [0.15, 0.2) is 30.3 Å². The van der Waals surface area contributed by atoms with Crippen LogP contribution in [0, 0.1) is 5.92 Å². The van der Waals surface area contributed by atoms with E-state index in [2.05, 4.69) is 30.3 Å². The van der Waals surface area contributed by atoms with Crippen LogP contribution in [0.4, 0.5) is 0 Å². The van der Waals surface area contributed by atoms with Crippen molar-refractivity contribution in [1.82, 2.24) is 0 Å². The first-order valence-electron chi connectivity index (χ1n) is 8.62. The molecule has 1 heteroatoms. The Morgan fingerprint density at radius 1 is 0.950 bits per heavy atom. The Labute approximate surface area is 124 Å². The molecule has 0 radical (unpaired) electrons. The first-order valence-corrected chi connectivity index (χ1v) is 8.62. The van der Waals surface area contributed by atoms with E-state index in [4.69, 9.17) is 5.73 Å². The van der Waals surface area contributed by atoms with E-state index in [0.717, 1.165) is 5.92 Å². The zero-order valence-corrected chi connectivity index (χ0v) is 12.7. The predicted octanol–water partition coefficient (Wildman–Crippen LogP) is 4.80. The van der Waals surface area contributed by atoms with Gasteiger partial charge in [0.1, 0.15) is 0 Å². The molecule has 0 aromatic heterocycles. The van der Waals surface area contributed by atoms with Crippen LogP contribution in [0.5, 0.6) is 0 Å². The SMILES string of the molecule is NC(CC1CCCC1)C1(c2ccccc2)CCCCC1. The van der Waals surface area contributed by atoms with E-state index in [9.17, 15) is 0 Å². The lowest BCUT2D eigenvalue weighted by Crippen LogP contribution is -2.47. The van der Waals surface area contributed by atoms with E-state index in [1.54, 1.807) is 0 Å². The Morgan fingerprint density at radius 3 is 2.25 bits per heavy atom. The third kappa shape index (κ3) is 2.79. The largest absolute Gasteiger partial charge is 0.327 e. The standard InChI is InChI=1S/C19H29N/c20-18(15-16-9-5-6-10-16)19(13-7-2-8-14-19)17-11-3-1-4-12-17/h1,3-4,11-12,16,18H,2,5-10,13-15,20H2. The lowest BCUT2D eigenvalue weighted by molar-refractivity contribution is 0.216. The summed E-state index contributed by atoms with van der Waals surface area (Å²) in [6.45, 7) is 0. The summed E-state index contributed by atoms with van der Waals surface area (Å²) in [5.41, 5.74) is 8.57. The maximum absolute atomic E-state index is 6.80. The van der Waals surface area contributed by atoms with E-state index in [1.807, 2.05) is 0 Å². The van der Waals surface area contributed by atoms with Gasteiger partial charge in [-0.15, -0.1) is 0 Å². The summed E-state index contributed by atoms with van der Waals surface area (Å²) in [5, 5.41) is 0. The van der Waals surface area contributed by atoms with Crippen LogP contribution in [0.2, 0.25) is 0 Å². The summed E-state index contributed by atoms with van der Waals surface area (Å²) in [4.78, 5) is 0. The summed E-state index contributed by atoms with van der Waals surface area (Å²) in [5.74, 6) is 0.896. The zero-order chi connectivity index (χ0) is 13.8. The molecule has 0 heterocycles. The van der Waals surface area contributed by atoms with E-state index in [-0.39, 0.29) is 5.41 Å². The molecule has 0 amide bonds. The normalized spacial score (nSPS) is 24.6. The minimum absolute atomic E-state index is 0.266. The van der Waals surface area contributed by atoms with Gasteiger partial charge < -0.3 is 5.73 Å². The Balaban J connectivity index is 1.81. The molecule has 2 saturated carbocycles. The maximum Gasteiger partial charge on any atom is 0.0139 e. The first kappa shape index (κ1) is 14.1. The van der Waals surface area contributed by atoms with Gasteiger partial charge in [-0.3, -0.25) is 0 Å². The molecule has 0 saturated heterocycles. The molecule has 0 bridgehead atoms. The van der Waals surface area contributed by atoms with E-state index in [0.29, 0.717) is 6.04 Å². The van der Waals surface area contributed by atoms with Gasteiger partial charge in [0.15, 0.2) is 0 Å². The monoisotopic (exact) mass is 271 g/mol. The minimum atomic E-state index is 0.266. The van der Waals surface area contributed by atoms with Crippen LogP contribution in [0.1, 0.15) is 69.8 Å². The van der Waals surface area contributed by atoms with Gasteiger partial charge in [0.05, 0.1) is 0 Å². The van der Waals surface area contributed by atoms with Crippen LogP contribution in [-0.2, 0) is 5.41 Å². The topological polar surface area (TPSA) is 26.0 Å². The van der Waals surface area contributed by atoms with Gasteiger partial charge >= 0.3 is 0 Å². The minimum Gasteiger partial charge on any atom is -0.327 e. The number of benzene rings is 1. The van der Waals surface area contributed by atoms with Crippen molar-refractivity contribution < 1.29 is 0 Å². The quantitative estimate of drug-likeness (QED) is 0.836. The van der Waals surface area contributed by atoms with Crippen molar-refractivity contribution >= 4 is 0 Å². The molecular weight excluding hydrogens is 242 g/mol. The highest BCUT2D eigenvalue weighted by Gasteiger charge is 2.40. The number of hydrogen-bond donors (Lipinski definition) is 1. The Bertz CT molecular complexity index is 399. The van der Waals surface area contributed by atoms with Gasteiger partial charge in [0, 0.05) is 11.5 Å². The van der Waals surface area contributed by atoms with Crippen LogP contribution < -0.4 is 5.73 Å². The van der Waals surface area contributed by atoms with Crippen molar-refractivity contribution in [2.45, 2.75) is 75.7 Å². The van der Waals surface area contributed by atoms with Crippen molar-refractivity contribution in [3.8, 4) is 0 Å². The molecule has 1 unspecified atom stereocenters. The van der Waals surface area contributed by atoms with Gasteiger partial charge in [-0.25, -0.2) is 0 Å². The maximum atomic E-state index is 6.80. The number of hydrogen-bond acceptors (Lipinski definition) is 1. The lowest BCUT2D eigenvalue weighted by Gasteiger charge is -2.43. The fourth-order valence-electron chi connectivity index (χ4n) is 4.66. The Morgan fingerprint density at radius 2 is 1.60 bits per heavy atom. The van der Waals surface area contributed by atoms with Gasteiger partial charge in [-0.1, -0.05) is 75.3 Å². The summed E-state index contributed by atoms with van der Waals surface area (Å²) in [6, 6.07) is 11.5. The molecule has 2 aliphatic carbocycles. The lowest BCUT2D eigenvalue weighted by atomic mass is 9.63. The second kappa shape index (κ2) is 6.30. The van der Waals surface area contributed by atoms with Crippen LogP contribution >= 0.6 is 0 Å². The third-order valence-electron chi connectivity index (χ3n) is 5.87. The average Bonchev–Trinajstić information content (AvgIpc) is 3.02. The second-order valence-electron chi connectivity index (χ2n) is 7.08. The summed E-state index contributed by atoms with van der Waals surface area (Å²) < 4.78 is 0. The van der Waals surface area contributed by atoms with Crippen molar-refractivity contribution in [2.24, 2.45) is 11.7 Å². The highest BCUT2D eigenvalue weighted by Crippen LogP contribution is 2.44. The molecule has 2 aliphatic rings. The van der Waals surface area contributed by atoms with Gasteiger partial charge in [0.2, 0.25) is 0 Å². The van der Waals surface area contributed by atoms with Gasteiger partial charge in [-0.2, -0.15) is 0 Å². The zero-order valence-electron chi connectivity index (χ0n) is 12.7. The number of nitrogens with two attached hydrogens (primary N) is 1. The molecule has 1 aromatic rings. The molecule has 2 fully saturated rings. The Kier molecular flexibility index (Phi) is 4.45. The fourth-order valence-corrected chi connectivity index (χ4v) is 4.66. The fraction of sp³-hybridized carbons (Fsp3) is 0.684. The summed E-state index contributed by atoms with van der Waals surface area (Å²) in [7, 11) is 0. The predicted molar refractivity (Wildman–Crippen MR) is 85.8 cm³/mol. The molecule has 3 rings (SSSR count). The highest BCUT2D eigenvalue weighted by atomic mass is 14.7. The first-order chi connectivity index (χ1) is 9.81. The third-order valence-corrected chi connectivity index (χ3v) is 5.87. The molecule has 20 heavy (non-hydrogen) atoms. The molecule has 1 nitrogen and oxygen atoms in total. The van der Waals surface area contributed by atoms with Gasteiger partial charge in [-0.05, 0) is 30.7 Å². The molecule has 0 spiro atoms. The summed E-state index contributed by atoms with van der Waals surface area (Å²) >= 11 is 0. The molecule has 1 atom stereocenters.